The Balaban J connectivity index is 1.46. The second-order valence-corrected chi connectivity index (χ2v) is 9.34. The zero-order valence-electron chi connectivity index (χ0n) is 20.3. The second kappa shape index (κ2) is 9.27. The molecule has 2 aliphatic carbocycles. The van der Waals surface area contributed by atoms with Crippen molar-refractivity contribution in [3.05, 3.63) is 76.9 Å². The molecule has 1 N–H and O–H groups in total. The van der Waals surface area contributed by atoms with Gasteiger partial charge < -0.3 is 24.1 Å². The van der Waals surface area contributed by atoms with Crippen molar-refractivity contribution in [2.45, 2.75) is 50.9 Å². The van der Waals surface area contributed by atoms with Crippen molar-refractivity contribution >= 4 is 5.97 Å². The third-order valence-electron chi connectivity index (χ3n) is 7.04. The van der Waals surface area contributed by atoms with Crippen LogP contribution in [0, 0.1) is 6.92 Å². The van der Waals surface area contributed by atoms with Crippen LogP contribution in [0.2, 0.25) is 0 Å². The van der Waals surface area contributed by atoms with Crippen molar-refractivity contribution in [2.75, 3.05) is 14.2 Å². The number of hydrogen-bond acceptors (Lipinski definition) is 5. The fraction of sp³-hybridized carbons (Fsp3) is 0.345. The normalized spacial score (nSPS) is 16.0. The van der Waals surface area contributed by atoms with Gasteiger partial charge in [0.1, 0.15) is 17.2 Å². The van der Waals surface area contributed by atoms with Gasteiger partial charge in [0.15, 0.2) is 0 Å². The van der Waals surface area contributed by atoms with Crippen molar-refractivity contribution in [1.82, 2.24) is 0 Å². The Hall–Kier alpha value is -3.51. The van der Waals surface area contributed by atoms with Crippen LogP contribution in [0.15, 0.2) is 54.6 Å². The number of carboxylic acid groups (broad SMARTS) is 1. The summed E-state index contributed by atoms with van der Waals surface area (Å²) in [5, 5.41) is 9.56. The van der Waals surface area contributed by atoms with Crippen molar-refractivity contribution in [1.29, 1.82) is 0 Å². The summed E-state index contributed by atoms with van der Waals surface area (Å²) in [6, 6.07) is 18.1. The lowest BCUT2D eigenvalue weighted by atomic mass is 9.97. The van der Waals surface area contributed by atoms with Gasteiger partial charge >= 0.3 is 5.97 Å². The van der Waals surface area contributed by atoms with Gasteiger partial charge in [0.25, 0.3) is 0 Å². The van der Waals surface area contributed by atoms with E-state index in [0.717, 1.165) is 46.6 Å². The quantitative estimate of drug-likeness (QED) is 0.450. The van der Waals surface area contributed by atoms with E-state index in [0.29, 0.717) is 25.2 Å². The van der Waals surface area contributed by atoms with E-state index in [4.69, 9.17) is 18.9 Å². The summed E-state index contributed by atoms with van der Waals surface area (Å²) in [6.07, 6.45) is 2.90. The highest BCUT2D eigenvalue weighted by Gasteiger charge is 2.53. The molecular weight excluding hydrogens is 444 g/mol. The molecule has 0 aliphatic heterocycles. The molecule has 1 saturated carbocycles. The van der Waals surface area contributed by atoms with Crippen molar-refractivity contribution in [2.24, 2.45) is 0 Å². The Morgan fingerprint density at radius 2 is 1.60 bits per heavy atom. The summed E-state index contributed by atoms with van der Waals surface area (Å²) in [7, 11) is 3.29. The third kappa shape index (κ3) is 4.58. The Bertz CT molecular complexity index is 1210. The Morgan fingerprint density at radius 3 is 2.14 bits per heavy atom. The molecule has 6 heteroatoms. The molecule has 3 aromatic carbocycles. The second-order valence-electron chi connectivity index (χ2n) is 9.34. The molecule has 1 fully saturated rings. The van der Waals surface area contributed by atoms with E-state index in [2.05, 4.69) is 24.3 Å². The molecule has 5 rings (SSSR count). The highest BCUT2D eigenvalue weighted by molar-refractivity contribution is 5.81. The molecule has 0 aromatic heterocycles. The van der Waals surface area contributed by atoms with Crippen molar-refractivity contribution in [3.8, 4) is 28.4 Å². The van der Waals surface area contributed by atoms with E-state index < -0.39 is 11.6 Å². The topological polar surface area (TPSA) is 74.2 Å². The van der Waals surface area contributed by atoms with Gasteiger partial charge in [-0.25, -0.2) is 4.79 Å². The standard InChI is InChI=1S/C29H30O6/c1-18-26(32-2)15-21(16-27(18)33-3)25-9-8-23(35-29(10-11-29)28(30)31)14-22(25)17-34-24-12-19-6-4-5-7-20(19)13-24/h4-9,14-16,24H,10-13,17H2,1-3H3,(H,30,31). The zero-order valence-corrected chi connectivity index (χ0v) is 20.3. The van der Waals surface area contributed by atoms with E-state index in [1.54, 1.807) is 14.2 Å². The van der Waals surface area contributed by atoms with Gasteiger partial charge in [-0.3, -0.25) is 0 Å². The number of fused-ring (bicyclic) bond motifs is 1. The zero-order chi connectivity index (χ0) is 24.6. The van der Waals surface area contributed by atoms with Gasteiger partial charge in [-0.15, -0.1) is 0 Å². The molecule has 0 bridgehead atoms. The third-order valence-corrected chi connectivity index (χ3v) is 7.04. The van der Waals surface area contributed by atoms with Crippen molar-refractivity contribution in [3.63, 3.8) is 0 Å². The maximum atomic E-state index is 11.7. The maximum Gasteiger partial charge on any atom is 0.348 e. The average Bonchev–Trinajstić information content (AvgIpc) is 3.53. The molecule has 6 nitrogen and oxygen atoms in total. The molecule has 0 heterocycles. The first-order valence-corrected chi connectivity index (χ1v) is 11.9. The molecule has 0 unspecified atom stereocenters. The van der Waals surface area contributed by atoms with Crippen LogP contribution >= 0.6 is 0 Å². The van der Waals surface area contributed by atoms with Crippen LogP contribution in [-0.2, 0) is 29.0 Å². The summed E-state index contributed by atoms with van der Waals surface area (Å²) < 4.78 is 23.5. The molecule has 182 valence electrons. The van der Waals surface area contributed by atoms with Crippen LogP contribution in [0.4, 0.5) is 0 Å². The molecule has 35 heavy (non-hydrogen) atoms. The fourth-order valence-corrected chi connectivity index (χ4v) is 4.82. The van der Waals surface area contributed by atoms with Gasteiger partial charge in [-0.05, 0) is 71.8 Å². The lowest BCUT2D eigenvalue weighted by molar-refractivity contribution is -0.147. The SMILES string of the molecule is COc1cc(-c2ccc(OC3(C(=O)O)CC3)cc2COC2Cc3ccccc3C2)cc(OC)c1C. The minimum Gasteiger partial charge on any atom is -0.496 e. The summed E-state index contributed by atoms with van der Waals surface area (Å²) in [4.78, 5) is 11.7. The first-order valence-electron chi connectivity index (χ1n) is 11.9. The molecular formula is C29H30O6. The number of rotatable bonds is 9. The van der Waals surface area contributed by atoms with Crippen LogP contribution in [0.3, 0.4) is 0 Å². The minimum atomic E-state index is -1.11. The van der Waals surface area contributed by atoms with Gasteiger partial charge in [-0.1, -0.05) is 30.3 Å². The van der Waals surface area contributed by atoms with Crippen LogP contribution in [0.25, 0.3) is 11.1 Å². The molecule has 0 spiro atoms. The maximum absolute atomic E-state index is 11.7. The lowest BCUT2D eigenvalue weighted by Gasteiger charge is -2.19. The van der Waals surface area contributed by atoms with Gasteiger partial charge in [-0.2, -0.15) is 0 Å². The summed E-state index contributed by atoms with van der Waals surface area (Å²) in [5.74, 6) is 1.09. The van der Waals surface area contributed by atoms with E-state index in [-0.39, 0.29) is 6.10 Å². The van der Waals surface area contributed by atoms with Crippen LogP contribution < -0.4 is 14.2 Å². The molecule has 0 atom stereocenters. The number of carboxylic acids is 1. The van der Waals surface area contributed by atoms with Crippen LogP contribution in [0.1, 0.15) is 35.1 Å². The highest BCUT2D eigenvalue weighted by atomic mass is 16.5. The smallest absolute Gasteiger partial charge is 0.348 e. The van der Waals surface area contributed by atoms with E-state index in [1.165, 1.54) is 11.1 Å². The van der Waals surface area contributed by atoms with Crippen molar-refractivity contribution < 1.29 is 28.8 Å². The van der Waals surface area contributed by atoms with Gasteiger partial charge in [0, 0.05) is 18.4 Å². The monoisotopic (exact) mass is 474 g/mol. The highest BCUT2D eigenvalue weighted by Crippen LogP contribution is 2.42. The van der Waals surface area contributed by atoms with Gasteiger partial charge in [0.05, 0.1) is 26.9 Å². The fourth-order valence-electron chi connectivity index (χ4n) is 4.82. The number of benzene rings is 3. The predicted octanol–water partition coefficient (Wildman–Crippen LogP) is 5.36. The minimum absolute atomic E-state index is 0.0979. The van der Waals surface area contributed by atoms with Gasteiger partial charge in [0.2, 0.25) is 5.60 Å². The summed E-state index contributed by atoms with van der Waals surface area (Å²) in [6.45, 7) is 2.34. The average molecular weight is 475 g/mol. The molecule has 0 radical (unpaired) electrons. The first kappa shape index (κ1) is 23.2. The molecule has 3 aromatic rings. The molecule has 2 aliphatic rings. The Kier molecular flexibility index (Phi) is 6.15. The summed E-state index contributed by atoms with van der Waals surface area (Å²) >= 11 is 0. The lowest BCUT2D eigenvalue weighted by Crippen LogP contribution is -2.29. The number of methoxy groups -OCH3 is 2. The van der Waals surface area contributed by atoms with Crippen LogP contribution in [0.5, 0.6) is 17.2 Å². The largest absolute Gasteiger partial charge is 0.496 e. The number of aliphatic carboxylic acids is 1. The number of carbonyl (C=O) groups is 1. The van der Waals surface area contributed by atoms with Crippen LogP contribution in [-0.4, -0.2) is 37.0 Å². The predicted molar refractivity (Wildman–Crippen MR) is 132 cm³/mol. The number of ether oxygens (including phenoxy) is 4. The van der Waals surface area contributed by atoms with E-state index >= 15 is 0 Å². The van der Waals surface area contributed by atoms with E-state index in [1.807, 2.05) is 37.3 Å². The molecule has 0 amide bonds. The first-order chi connectivity index (χ1) is 16.9. The Labute approximate surface area is 205 Å². The summed E-state index contributed by atoms with van der Waals surface area (Å²) in [5.41, 5.74) is 5.31. The molecule has 0 saturated heterocycles. The van der Waals surface area contributed by atoms with E-state index in [9.17, 15) is 9.90 Å². The Morgan fingerprint density at radius 1 is 0.971 bits per heavy atom. The number of hydrogen-bond donors (Lipinski definition) is 1.